The highest BCUT2D eigenvalue weighted by Gasteiger charge is 2.64. The van der Waals surface area contributed by atoms with Crippen molar-refractivity contribution in [1.29, 1.82) is 0 Å². The molecule has 26 heavy (non-hydrogen) atoms. The molecule has 1 aliphatic rings. The minimum Gasteiger partial charge on any atom is -0.490 e. The van der Waals surface area contributed by atoms with Crippen LogP contribution in [-0.4, -0.2) is 61.5 Å². The SMILES string of the molecule is COCCOc1ccc(Cl)cc1C(=O)N1CCC(C(=O)O)(C(F)(F)F)C1. The average molecular weight is 396 g/mol. The van der Waals surface area contributed by atoms with E-state index in [1.165, 1.54) is 25.3 Å². The van der Waals surface area contributed by atoms with Gasteiger partial charge in [0, 0.05) is 25.2 Å². The summed E-state index contributed by atoms with van der Waals surface area (Å²) in [6.45, 7) is -0.931. The Labute approximate surface area is 152 Å². The van der Waals surface area contributed by atoms with E-state index in [2.05, 4.69) is 0 Å². The van der Waals surface area contributed by atoms with Crippen LogP contribution in [0.2, 0.25) is 5.02 Å². The van der Waals surface area contributed by atoms with Crippen LogP contribution in [0.4, 0.5) is 13.2 Å². The molecular formula is C16H17ClF3NO5. The number of carbonyl (C=O) groups is 2. The van der Waals surface area contributed by atoms with Gasteiger partial charge in [0.2, 0.25) is 0 Å². The number of alkyl halides is 3. The fourth-order valence-electron chi connectivity index (χ4n) is 2.71. The second-order valence-electron chi connectivity index (χ2n) is 5.84. The first-order chi connectivity index (χ1) is 12.1. The van der Waals surface area contributed by atoms with E-state index in [4.69, 9.17) is 26.2 Å². The van der Waals surface area contributed by atoms with Crippen molar-refractivity contribution in [2.24, 2.45) is 5.41 Å². The fraction of sp³-hybridized carbons (Fsp3) is 0.500. The first kappa shape index (κ1) is 20.3. The number of carboxylic acids is 1. The maximum atomic E-state index is 13.3. The van der Waals surface area contributed by atoms with Crippen molar-refractivity contribution in [1.82, 2.24) is 4.90 Å². The lowest BCUT2D eigenvalue weighted by Crippen LogP contribution is -2.47. The molecule has 1 heterocycles. The third-order valence-electron chi connectivity index (χ3n) is 4.23. The minimum absolute atomic E-state index is 0.0306. The van der Waals surface area contributed by atoms with E-state index in [-0.39, 0.29) is 36.1 Å². The summed E-state index contributed by atoms with van der Waals surface area (Å²) in [6, 6.07) is 4.18. The van der Waals surface area contributed by atoms with E-state index in [0.29, 0.717) is 0 Å². The maximum Gasteiger partial charge on any atom is 0.406 e. The number of aliphatic carboxylic acids is 1. The van der Waals surface area contributed by atoms with Gasteiger partial charge in [-0.15, -0.1) is 0 Å². The van der Waals surface area contributed by atoms with Crippen molar-refractivity contribution in [2.45, 2.75) is 12.6 Å². The summed E-state index contributed by atoms with van der Waals surface area (Å²) in [6.07, 6.45) is -5.68. The molecule has 1 fully saturated rings. The molecule has 0 bridgehead atoms. The molecule has 1 N–H and O–H groups in total. The largest absolute Gasteiger partial charge is 0.490 e. The molecular weight excluding hydrogens is 379 g/mol. The molecule has 1 aliphatic heterocycles. The Morgan fingerprint density at radius 1 is 1.35 bits per heavy atom. The molecule has 6 nitrogen and oxygen atoms in total. The molecule has 0 spiro atoms. The van der Waals surface area contributed by atoms with Crippen LogP contribution in [0.15, 0.2) is 18.2 Å². The van der Waals surface area contributed by atoms with Gasteiger partial charge < -0.3 is 19.5 Å². The highest BCUT2D eigenvalue weighted by molar-refractivity contribution is 6.31. The van der Waals surface area contributed by atoms with Gasteiger partial charge in [-0.2, -0.15) is 13.2 Å². The summed E-state index contributed by atoms with van der Waals surface area (Å²) in [7, 11) is 1.46. The second-order valence-corrected chi connectivity index (χ2v) is 6.28. The summed E-state index contributed by atoms with van der Waals surface area (Å²) in [5.74, 6) is -2.63. The summed E-state index contributed by atoms with van der Waals surface area (Å²) < 4.78 is 50.1. The lowest BCUT2D eigenvalue weighted by atomic mass is 9.86. The first-order valence-corrected chi connectivity index (χ1v) is 8.01. The topological polar surface area (TPSA) is 76.1 Å². The van der Waals surface area contributed by atoms with Gasteiger partial charge in [-0.05, 0) is 24.6 Å². The Bertz CT molecular complexity index is 697. The van der Waals surface area contributed by atoms with Crippen LogP contribution in [-0.2, 0) is 9.53 Å². The van der Waals surface area contributed by atoms with Crippen molar-refractivity contribution in [3.05, 3.63) is 28.8 Å². The highest BCUT2D eigenvalue weighted by atomic mass is 35.5. The zero-order valence-corrected chi connectivity index (χ0v) is 14.6. The zero-order valence-electron chi connectivity index (χ0n) is 13.8. The Balaban J connectivity index is 2.27. The number of ether oxygens (including phenoxy) is 2. The number of rotatable bonds is 6. The molecule has 0 saturated carbocycles. The monoisotopic (exact) mass is 395 g/mol. The van der Waals surface area contributed by atoms with Crippen LogP contribution in [0, 0.1) is 5.41 Å². The third-order valence-corrected chi connectivity index (χ3v) is 4.46. The molecule has 1 unspecified atom stereocenters. The van der Waals surface area contributed by atoms with E-state index in [1.54, 1.807) is 0 Å². The van der Waals surface area contributed by atoms with Crippen molar-refractivity contribution in [3.8, 4) is 5.75 Å². The van der Waals surface area contributed by atoms with Crippen LogP contribution >= 0.6 is 11.6 Å². The number of halogens is 4. The van der Waals surface area contributed by atoms with Crippen LogP contribution in [0.5, 0.6) is 5.75 Å². The molecule has 1 amide bonds. The van der Waals surface area contributed by atoms with E-state index in [0.717, 1.165) is 4.90 Å². The number of methoxy groups -OCH3 is 1. The van der Waals surface area contributed by atoms with Gasteiger partial charge in [0.15, 0.2) is 5.41 Å². The first-order valence-electron chi connectivity index (χ1n) is 7.63. The lowest BCUT2D eigenvalue weighted by Gasteiger charge is -2.27. The van der Waals surface area contributed by atoms with Gasteiger partial charge in [0.05, 0.1) is 12.2 Å². The Morgan fingerprint density at radius 3 is 2.58 bits per heavy atom. The summed E-state index contributed by atoms with van der Waals surface area (Å²) in [5.41, 5.74) is -3.00. The van der Waals surface area contributed by atoms with Gasteiger partial charge in [-0.1, -0.05) is 11.6 Å². The van der Waals surface area contributed by atoms with E-state index < -0.39 is 36.4 Å². The smallest absolute Gasteiger partial charge is 0.406 e. The normalized spacial score (nSPS) is 20.3. The number of likely N-dealkylation sites (tertiary alicyclic amines) is 1. The van der Waals surface area contributed by atoms with Crippen molar-refractivity contribution in [3.63, 3.8) is 0 Å². The van der Waals surface area contributed by atoms with Crippen LogP contribution in [0.1, 0.15) is 16.8 Å². The molecule has 10 heteroatoms. The predicted molar refractivity (Wildman–Crippen MR) is 85.5 cm³/mol. The van der Waals surface area contributed by atoms with Crippen LogP contribution < -0.4 is 4.74 Å². The molecule has 1 aromatic rings. The van der Waals surface area contributed by atoms with Gasteiger partial charge in [0.1, 0.15) is 12.4 Å². The lowest BCUT2D eigenvalue weighted by molar-refractivity contribution is -0.227. The molecule has 1 atom stereocenters. The van der Waals surface area contributed by atoms with E-state index in [9.17, 15) is 22.8 Å². The number of hydrogen-bond donors (Lipinski definition) is 1. The molecule has 144 valence electrons. The molecule has 0 aromatic heterocycles. The van der Waals surface area contributed by atoms with Gasteiger partial charge in [-0.25, -0.2) is 0 Å². The second kappa shape index (κ2) is 7.71. The summed E-state index contributed by atoms with van der Waals surface area (Å²) >= 11 is 5.88. The van der Waals surface area contributed by atoms with Crippen molar-refractivity contribution >= 4 is 23.5 Å². The average Bonchev–Trinajstić information content (AvgIpc) is 3.02. The molecule has 0 radical (unpaired) electrons. The Hall–Kier alpha value is -2.00. The predicted octanol–water partition coefficient (Wildman–Crippen LogP) is 2.84. The summed E-state index contributed by atoms with van der Waals surface area (Å²) in [5, 5.41) is 9.29. The number of benzene rings is 1. The van der Waals surface area contributed by atoms with Gasteiger partial charge in [-0.3, -0.25) is 9.59 Å². The maximum absolute atomic E-state index is 13.3. The van der Waals surface area contributed by atoms with Gasteiger partial charge >= 0.3 is 12.1 Å². The summed E-state index contributed by atoms with van der Waals surface area (Å²) in [4.78, 5) is 24.8. The number of carboxylic acid groups (broad SMARTS) is 1. The Kier molecular flexibility index (Phi) is 6.02. The highest BCUT2D eigenvalue weighted by Crippen LogP contribution is 2.46. The standard InChI is InChI=1S/C16H17ClF3NO5/c1-25-6-7-26-12-3-2-10(17)8-11(12)13(22)21-5-4-15(9-21,14(23)24)16(18,19)20/h2-3,8H,4-7,9H2,1H3,(H,23,24). The minimum atomic E-state index is -4.97. The van der Waals surface area contributed by atoms with E-state index >= 15 is 0 Å². The number of amides is 1. The number of carbonyl (C=O) groups excluding carboxylic acids is 1. The third kappa shape index (κ3) is 3.88. The molecule has 0 aliphatic carbocycles. The van der Waals surface area contributed by atoms with Crippen molar-refractivity contribution < 1.29 is 37.3 Å². The quantitative estimate of drug-likeness (QED) is 0.750. The van der Waals surface area contributed by atoms with E-state index in [1.807, 2.05) is 0 Å². The van der Waals surface area contributed by atoms with Gasteiger partial charge in [0.25, 0.3) is 5.91 Å². The molecule has 1 aromatic carbocycles. The molecule has 2 rings (SSSR count). The zero-order chi connectivity index (χ0) is 19.5. The number of nitrogens with zero attached hydrogens (tertiary/aromatic N) is 1. The molecule has 1 saturated heterocycles. The fourth-order valence-corrected chi connectivity index (χ4v) is 2.88. The van der Waals surface area contributed by atoms with Crippen LogP contribution in [0.25, 0.3) is 0 Å². The number of hydrogen-bond acceptors (Lipinski definition) is 4. The Morgan fingerprint density at radius 2 is 2.04 bits per heavy atom. The van der Waals surface area contributed by atoms with Crippen LogP contribution in [0.3, 0.4) is 0 Å². The van der Waals surface area contributed by atoms with Crippen molar-refractivity contribution in [2.75, 3.05) is 33.4 Å².